The molecule has 23 heavy (non-hydrogen) atoms. The van der Waals surface area contributed by atoms with Crippen molar-refractivity contribution in [2.45, 2.75) is 45.3 Å². The third-order valence-corrected chi connectivity index (χ3v) is 4.63. The van der Waals surface area contributed by atoms with Gasteiger partial charge in [0.15, 0.2) is 0 Å². The van der Waals surface area contributed by atoms with E-state index in [-0.39, 0.29) is 0 Å². The zero-order valence-electron chi connectivity index (χ0n) is 14.2. The van der Waals surface area contributed by atoms with Gasteiger partial charge in [-0.25, -0.2) is 0 Å². The lowest BCUT2D eigenvalue weighted by atomic mass is 10.0. The van der Waals surface area contributed by atoms with Crippen LogP contribution in [0.4, 0.5) is 0 Å². The van der Waals surface area contributed by atoms with Crippen LogP contribution in [-0.4, -0.2) is 24.1 Å². The van der Waals surface area contributed by atoms with Crippen molar-refractivity contribution in [2.24, 2.45) is 0 Å². The van der Waals surface area contributed by atoms with E-state index in [1.54, 1.807) is 0 Å². The fourth-order valence-corrected chi connectivity index (χ4v) is 3.15. The molecule has 0 radical (unpaired) electrons. The lowest BCUT2D eigenvalue weighted by molar-refractivity contribution is 0.0968. The third kappa shape index (κ3) is 4.59. The summed E-state index contributed by atoms with van der Waals surface area (Å²) in [6, 6.07) is 19.3. The normalized spacial score (nSPS) is 16.7. The molecule has 1 saturated heterocycles. The Kier molecular flexibility index (Phi) is 5.35. The van der Waals surface area contributed by atoms with E-state index >= 15 is 0 Å². The summed E-state index contributed by atoms with van der Waals surface area (Å²) in [4.78, 5) is 2.52. The molecule has 0 spiro atoms. The number of hydrogen-bond donors (Lipinski definition) is 0. The van der Waals surface area contributed by atoms with Crippen molar-refractivity contribution in [1.82, 2.24) is 4.90 Å². The zero-order valence-corrected chi connectivity index (χ0v) is 14.2. The summed E-state index contributed by atoms with van der Waals surface area (Å²) in [5.74, 6) is 1.58. The number of likely N-dealkylation sites (tertiary alicyclic amines) is 1. The highest BCUT2D eigenvalue weighted by Gasteiger charge is 2.20. The van der Waals surface area contributed by atoms with Gasteiger partial charge in [0.25, 0.3) is 0 Å². The number of nitrogens with zero attached hydrogens (tertiary/aromatic N) is 1. The summed E-state index contributed by atoms with van der Waals surface area (Å²) in [7, 11) is 0. The molecule has 1 aliphatic heterocycles. The van der Waals surface area contributed by atoms with Crippen LogP contribution in [0, 0.1) is 0 Å². The maximum absolute atomic E-state index is 6.16. The highest BCUT2D eigenvalue weighted by molar-refractivity contribution is 5.29. The Morgan fingerprint density at radius 2 is 1.61 bits per heavy atom. The molecule has 0 atom stereocenters. The molecule has 1 fully saturated rings. The van der Waals surface area contributed by atoms with Crippen molar-refractivity contribution in [3.05, 3.63) is 65.7 Å². The first-order chi connectivity index (χ1) is 11.2. The van der Waals surface area contributed by atoms with Gasteiger partial charge in [0.1, 0.15) is 11.9 Å². The summed E-state index contributed by atoms with van der Waals surface area (Å²) < 4.78 is 6.16. The van der Waals surface area contributed by atoms with E-state index in [1.807, 2.05) is 0 Å². The number of ether oxygens (including phenoxy) is 1. The molecule has 122 valence electrons. The topological polar surface area (TPSA) is 12.5 Å². The fraction of sp³-hybridized carbons (Fsp3) is 0.429. The van der Waals surface area contributed by atoms with E-state index in [2.05, 4.69) is 73.3 Å². The lowest BCUT2D eigenvalue weighted by Gasteiger charge is -2.32. The van der Waals surface area contributed by atoms with Gasteiger partial charge in [-0.2, -0.15) is 0 Å². The van der Waals surface area contributed by atoms with Crippen LogP contribution in [-0.2, 0) is 6.54 Å². The smallest absolute Gasteiger partial charge is 0.119 e. The van der Waals surface area contributed by atoms with Crippen LogP contribution < -0.4 is 4.74 Å². The van der Waals surface area contributed by atoms with Gasteiger partial charge in [-0.15, -0.1) is 0 Å². The average Bonchev–Trinajstić information content (AvgIpc) is 2.58. The summed E-state index contributed by atoms with van der Waals surface area (Å²) in [5, 5.41) is 0. The van der Waals surface area contributed by atoms with Gasteiger partial charge in [-0.1, -0.05) is 56.3 Å². The number of hydrogen-bond acceptors (Lipinski definition) is 2. The number of benzene rings is 2. The van der Waals surface area contributed by atoms with E-state index in [1.165, 1.54) is 11.1 Å². The second-order valence-corrected chi connectivity index (χ2v) is 6.80. The van der Waals surface area contributed by atoms with E-state index in [4.69, 9.17) is 4.74 Å². The molecule has 0 unspecified atom stereocenters. The van der Waals surface area contributed by atoms with E-state index in [9.17, 15) is 0 Å². The Bertz CT molecular complexity index is 583. The minimum absolute atomic E-state index is 0.354. The minimum atomic E-state index is 0.354. The molecular weight excluding hydrogens is 282 g/mol. The molecule has 1 heterocycles. The predicted molar refractivity (Wildman–Crippen MR) is 95.9 cm³/mol. The lowest BCUT2D eigenvalue weighted by Crippen LogP contribution is -2.37. The van der Waals surface area contributed by atoms with Gasteiger partial charge in [0, 0.05) is 19.6 Å². The van der Waals surface area contributed by atoms with Gasteiger partial charge in [0.05, 0.1) is 0 Å². The second kappa shape index (κ2) is 7.65. The Morgan fingerprint density at radius 3 is 2.22 bits per heavy atom. The molecule has 0 aliphatic carbocycles. The zero-order chi connectivity index (χ0) is 16.1. The van der Waals surface area contributed by atoms with E-state index in [0.717, 1.165) is 38.2 Å². The molecule has 0 aromatic heterocycles. The van der Waals surface area contributed by atoms with Crippen LogP contribution in [0.2, 0.25) is 0 Å². The van der Waals surface area contributed by atoms with Crippen molar-refractivity contribution >= 4 is 0 Å². The molecule has 0 amide bonds. The molecule has 2 heteroatoms. The molecule has 0 N–H and O–H groups in total. The highest BCUT2D eigenvalue weighted by atomic mass is 16.5. The molecule has 3 rings (SSSR count). The highest BCUT2D eigenvalue weighted by Crippen LogP contribution is 2.22. The standard InChI is InChI=1S/C21H27NO/c1-17(2)19-8-10-20(11-9-19)23-21-12-14-22(15-13-21)16-18-6-4-3-5-7-18/h3-11,17,21H,12-16H2,1-2H3. The SMILES string of the molecule is CC(C)c1ccc(OC2CCN(Cc3ccccc3)CC2)cc1. The van der Waals surface area contributed by atoms with E-state index in [0.29, 0.717) is 12.0 Å². The molecular formula is C21H27NO. The first-order valence-corrected chi connectivity index (χ1v) is 8.73. The quantitative estimate of drug-likeness (QED) is 0.782. The Morgan fingerprint density at radius 1 is 0.957 bits per heavy atom. The van der Waals surface area contributed by atoms with Crippen LogP contribution in [0.1, 0.15) is 43.7 Å². The molecule has 2 aromatic rings. The number of rotatable bonds is 5. The van der Waals surface area contributed by atoms with Gasteiger partial charge < -0.3 is 4.74 Å². The van der Waals surface area contributed by atoms with Crippen molar-refractivity contribution < 1.29 is 4.74 Å². The Labute approximate surface area is 140 Å². The summed E-state index contributed by atoms with van der Waals surface area (Å²) in [6.45, 7) is 7.72. The van der Waals surface area contributed by atoms with Crippen LogP contribution >= 0.6 is 0 Å². The molecule has 1 aliphatic rings. The van der Waals surface area contributed by atoms with Crippen molar-refractivity contribution in [3.8, 4) is 5.75 Å². The first-order valence-electron chi connectivity index (χ1n) is 8.73. The van der Waals surface area contributed by atoms with Crippen molar-refractivity contribution in [2.75, 3.05) is 13.1 Å². The van der Waals surface area contributed by atoms with Gasteiger partial charge in [0.2, 0.25) is 0 Å². The maximum atomic E-state index is 6.16. The van der Waals surface area contributed by atoms with Crippen LogP contribution in [0.15, 0.2) is 54.6 Å². The summed E-state index contributed by atoms with van der Waals surface area (Å²) in [5.41, 5.74) is 2.77. The molecule has 0 bridgehead atoms. The predicted octanol–water partition coefficient (Wildman–Crippen LogP) is 4.85. The Hall–Kier alpha value is -1.80. The largest absolute Gasteiger partial charge is 0.490 e. The third-order valence-electron chi connectivity index (χ3n) is 4.63. The van der Waals surface area contributed by atoms with Crippen LogP contribution in [0.5, 0.6) is 5.75 Å². The Balaban J connectivity index is 1.47. The van der Waals surface area contributed by atoms with E-state index < -0.39 is 0 Å². The maximum Gasteiger partial charge on any atom is 0.119 e. The van der Waals surface area contributed by atoms with Crippen LogP contribution in [0.25, 0.3) is 0 Å². The molecule has 0 saturated carbocycles. The first kappa shape index (κ1) is 16.1. The van der Waals surface area contributed by atoms with Crippen molar-refractivity contribution in [3.63, 3.8) is 0 Å². The summed E-state index contributed by atoms with van der Waals surface area (Å²) >= 11 is 0. The van der Waals surface area contributed by atoms with Gasteiger partial charge in [-0.3, -0.25) is 4.90 Å². The summed E-state index contributed by atoms with van der Waals surface area (Å²) in [6.07, 6.45) is 2.57. The fourth-order valence-electron chi connectivity index (χ4n) is 3.15. The molecule has 2 nitrogen and oxygen atoms in total. The minimum Gasteiger partial charge on any atom is -0.490 e. The van der Waals surface area contributed by atoms with Gasteiger partial charge >= 0.3 is 0 Å². The second-order valence-electron chi connectivity index (χ2n) is 6.80. The van der Waals surface area contributed by atoms with Crippen molar-refractivity contribution in [1.29, 1.82) is 0 Å². The number of piperidine rings is 1. The van der Waals surface area contributed by atoms with Gasteiger partial charge in [-0.05, 0) is 42.0 Å². The average molecular weight is 309 g/mol. The monoisotopic (exact) mass is 309 g/mol. The van der Waals surface area contributed by atoms with Crippen LogP contribution in [0.3, 0.4) is 0 Å². The molecule has 2 aromatic carbocycles.